The van der Waals surface area contributed by atoms with Gasteiger partial charge in [0.1, 0.15) is 11.8 Å². The Kier molecular flexibility index (Phi) is 5.68. The van der Waals surface area contributed by atoms with Crippen LogP contribution in [0.2, 0.25) is 0 Å². The fourth-order valence-corrected chi connectivity index (χ4v) is 3.55. The van der Waals surface area contributed by atoms with Crippen molar-refractivity contribution in [2.75, 3.05) is 45.5 Å². The normalized spacial score (nSPS) is 16.7. The highest BCUT2D eigenvalue weighted by atomic mass is 16.7. The van der Waals surface area contributed by atoms with Crippen molar-refractivity contribution < 1.29 is 28.7 Å². The summed E-state index contributed by atoms with van der Waals surface area (Å²) in [5.74, 6) is 0.945. The van der Waals surface area contributed by atoms with Crippen molar-refractivity contribution in [3.8, 4) is 17.2 Å². The monoisotopic (exact) mass is 415 g/mol. The molecule has 30 heavy (non-hydrogen) atoms. The summed E-state index contributed by atoms with van der Waals surface area (Å²) in [4.78, 5) is 26.5. The zero-order chi connectivity index (χ0) is 21.1. The van der Waals surface area contributed by atoms with Crippen LogP contribution >= 0.6 is 0 Å². The molecular formula is C20H21N3O7. The largest absolute Gasteiger partial charge is 0.497 e. The van der Waals surface area contributed by atoms with Gasteiger partial charge in [0, 0.05) is 18.8 Å². The SMILES string of the molecule is COc1ccc(NC(=O)[C@H](c2cc3c(cc2[N+](=O)[O-])OCO3)N2CCOCC2)cc1. The van der Waals surface area contributed by atoms with Crippen LogP contribution in [0.4, 0.5) is 11.4 Å². The first-order chi connectivity index (χ1) is 14.6. The van der Waals surface area contributed by atoms with Crippen LogP contribution in [0.5, 0.6) is 17.2 Å². The number of rotatable bonds is 6. The molecule has 0 saturated carbocycles. The Morgan fingerprint density at radius 1 is 1.17 bits per heavy atom. The molecule has 2 aliphatic rings. The number of nitro benzene ring substituents is 1. The quantitative estimate of drug-likeness (QED) is 0.565. The second-order valence-corrected chi connectivity index (χ2v) is 6.79. The van der Waals surface area contributed by atoms with Gasteiger partial charge in [-0.15, -0.1) is 0 Å². The second kappa shape index (κ2) is 8.56. The highest BCUT2D eigenvalue weighted by Gasteiger charge is 2.36. The number of nitrogens with zero attached hydrogens (tertiary/aromatic N) is 2. The number of nitrogens with one attached hydrogen (secondary N) is 1. The molecule has 1 N–H and O–H groups in total. The molecule has 2 aromatic carbocycles. The number of carbonyl (C=O) groups is 1. The van der Waals surface area contributed by atoms with Gasteiger partial charge in [0.25, 0.3) is 5.69 Å². The van der Waals surface area contributed by atoms with Crippen LogP contribution in [-0.2, 0) is 9.53 Å². The number of carbonyl (C=O) groups excluding carboxylic acids is 1. The smallest absolute Gasteiger partial charge is 0.278 e. The standard InChI is InChI=1S/C20H21N3O7/c1-27-14-4-2-13(3-5-14)21-20(24)19(22-6-8-28-9-7-22)15-10-17-18(30-12-29-17)11-16(15)23(25)26/h2-5,10-11,19H,6-9,12H2,1H3,(H,21,24)/t19-/m0/s1. The number of hydrogen-bond donors (Lipinski definition) is 1. The number of fused-ring (bicyclic) bond motifs is 1. The predicted molar refractivity (Wildman–Crippen MR) is 106 cm³/mol. The molecule has 0 unspecified atom stereocenters. The molecule has 2 aromatic rings. The van der Waals surface area contributed by atoms with Gasteiger partial charge >= 0.3 is 0 Å². The summed E-state index contributed by atoms with van der Waals surface area (Å²) in [7, 11) is 1.56. The molecule has 2 aliphatic heterocycles. The van der Waals surface area contributed by atoms with Crippen molar-refractivity contribution in [1.82, 2.24) is 4.90 Å². The first kappa shape index (κ1) is 19.9. The van der Waals surface area contributed by atoms with Gasteiger partial charge < -0.3 is 24.3 Å². The van der Waals surface area contributed by atoms with Gasteiger partial charge in [-0.1, -0.05) is 0 Å². The van der Waals surface area contributed by atoms with Crippen molar-refractivity contribution in [3.63, 3.8) is 0 Å². The maximum Gasteiger partial charge on any atom is 0.278 e. The first-order valence-electron chi connectivity index (χ1n) is 9.41. The maximum atomic E-state index is 13.3. The molecule has 4 rings (SSSR count). The van der Waals surface area contributed by atoms with Gasteiger partial charge in [-0.3, -0.25) is 19.8 Å². The van der Waals surface area contributed by atoms with E-state index >= 15 is 0 Å². The van der Waals surface area contributed by atoms with Crippen LogP contribution in [0.15, 0.2) is 36.4 Å². The Labute approximate surface area is 172 Å². The third kappa shape index (κ3) is 4.00. The molecule has 10 nitrogen and oxygen atoms in total. The van der Waals surface area contributed by atoms with E-state index in [1.165, 1.54) is 12.1 Å². The summed E-state index contributed by atoms with van der Waals surface area (Å²) in [5, 5.41) is 14.6. The average Bonchev–Trinajstić information content (AvgIpc) is 3.22. The zero-order valence-electron chi connectivity index (χ0n) is 16.3. The molecule has 0 aliphatic carbocycles. The van der Waals surface area contributed by atoms with Gasteiger partial charge in [-0.2, -0.15) is 0 Å². The highest BCUT2D eigenvalue weighted by Crippen LogP contribution is 2.42. The number of hydrogen-bond acceptors (Lipinski definition) is 8. The van der Waals surface area contributed by atoms with Gasteiger partial charge in [0.05, 0.1) is 36.9 Å². The second-order valence-electron chi connectivity index (χ2n) is 6.79. The Bertz CT molecular complexity index is 942. The molecule has 2 heterocycles. The Hall–Kier alpha value is -3.37. The van der Waals surface area contributed by atoms with E-state index in [1.807, 2.05) is 4.90 Å². The molecule has 0 radical (unpaired) electrons. The Morgan fingerprint density at radius 3 is 2.47 bits per heavy atom. The third-order valence-corrected chi connectivity index (χ3v) is 5.03. The number of benzene rings is 2. The fraction of sp³-hybridized carbons (Fsp3) is 0.350. The molecule has 158 valence electrons. The fourth-order valence-electron chi connectivity index (χ4n) is 3.55. The summed E-state index contributed by atoms with van der Waals surface area (Å²) >= 11 is 0. The van der Waals surface area contributed by atoms with Crippen LogP contribution in [-0.4, -0.2) is 55.9 Å². The number of amides is 1. The number of anilines is 1. The van der Waals surface area contributed by atoms with Crippen LogP contribution in [0.1, 0.15) is 11.6 Å². The Morgan fingerprint density at radius 2 is 1.83 bits per heavy atom. The van der Waals surface area contributed by atoms with Crippen molar-refractivity contribution >= 4 is 17.3 Å². The first-order valence-corrected chi connectivity index (χ1v) is 9.41. The van der Waals surface area contributed by atoms with E-state index in [0.29, 0.717) is 49.2 Å². The topological polar surface area (TPSA) is 112 Å². The molecule has 0 aromatic heterocycles. The molecule has 10 heteroatoms. The molecule has 0 spiro atoms. The minimum atomic E-state index is -0.897. The third-order valence-electron chi connectivity index (χ3n) is 5.03. The molecule has 1 atom stereocenters. The summed E-state index contributed by atoms with van der Waals surface area (Å²) in [6.07, 6.45) is 0. The van der Waals surface area contributed by atoms with E-state index < -0.39 is 11.0 Å². The average molecular weight is 415 g/mol. The van der Waals surface area contributed by atoms with E-state index in [0.717, 1.165) is 0 Å². The lowest BCUT2D eigenvalue weighted by molar-refractivity contribution is -0.386. The van der Waals surface area contributed by atoms with Gasteiger partial charge in [-0.05, 0) is 30.3 Å². The summed E-state index contributed by atoms with van der Waals surface area (Å²) in [6, 6.07) is 8.80. The van der Waals surface area contributed by atoms with E-state index in [-0.39, 0.29) is 24.0 Å². The van der Waals surface area contributed by atoms with E-state index in [2.05, 4.69) is 5.32 Å². The summed E-state index contributed by atoms with van der Waals surface area (Å²) < 4.78 is 21.2. The molecule has 1 amide bonds. The highest BCUT2D eigenvalue weighted by molar-refractivity contribution is 5.96. The molecular weight excluding hydrogens is 394 g/mol. The minimum Gasteiger partial charge on any atom is -0.497 e. The lowest BCUT2D eigenvalue weighted by Crippen LogP contribution is -2.44. The van der Waals surface area contributed by atoms with Crippen LogP contribution < -0.4 is 19.5 Å². The number of methoxy groups -OCH3 is 1. The predicted octanol–water partition coefficient (Wildman–Crippen LogP) is 2.34. The van der Waals surface area contributed by atoms with Crippen LogP contribution in [0.3, 0.4) is 0 Å². The van der Waals surface area contributed by atoms with E-state index in [1.54, 1.807) is 31.4 Å². The minimum absolute atomic E-state index is 0.0177. The van der Waals surface area contributed by atoms with Gasteiger partial charge in [0.15, 0.2) is 11.5 Å². The van der Waals surface area contributed by atoms with Gasteiger partial charge in [0.2, 0.25) is 12.7 Å². The lowest BCUT2D eigenvalue weighted by Gasteiger charge is -2.33. The molecule has 0 bridgehead atoms. The van der Waals surface area contributed by atoms with Crippen LogP contribution in [0.25, 0.3) is 0 Å². The van der Waals surface area contributed by atoms with Crippen molar-refractivity contribution in [2.24, 2.45) is 0 Å². The van der Waals surface area contributed by atoms with Crippen LogP contribution in [0, 0.1) is 10.1 Å². The lowest BCUT2D eigenvalue weighted by atomic mass is 10.0. The summed E-state index contributed by atoms with van der Waals surface area (Å²) in [5.41, 5.74) is 0.611. The van der Waals surface area contributed by atoms with Crippen molar-refractivity contribution in [2.45, 2.75) is 6.04 Å². The zero-order valence-corrected chi connectivity index (χ0v) is 16.3. The number of morpholine rings is 1. The van der Waals surface area contributed by atoms with Crippen molar-refractivity contribution in [3.05, 3.63) is 52.1 Å². The Balaban J connectivity index is 1.71. The van der Waals surface area contributed by atoms with Crippen molar-refractivity contribution in [1.29, 1.82) is 0 Å². The van der Waals surface area contributed by atoms with E-state index in [9.17, 15) is 14.9 Å². The number of ether oxygens (including phenoxy) is 4. The van der Waals surface area contributed by atoms with E-state index in [4.69, 9.17) is 18.9 Å². The molecule has 1 fully saturated rings. The maximum absolute atomic E-state index is 13.3. The summed E-state index contributed by atoms with van der Waals surface area (Å²) in [6.45, 7) is 1.78. The number of nitro groups is 1. The van der Waals surface area contributed by atoms with Gasteiger partial charge in [-0.25, -0.2) is 0 Å². The molecule has 1 saturated heterocycles.